The summed E-state index contributed by atoms with van der Waals surface area (Å²) in [5.41, 5.74) is 2.16. The Hall–Kier alpha value is -2.34. The van der Waals surface area contributed by atoms with Crippen LogP contribution < -0.4 is 5.32 Å². The first-order valence-corrected chi connectivity index (χ1v) is 10.7. The molecule has 1 N–H and O–H groups in total. The standard InChI is InChI=1S/C24H29N5/c1-28(2)22-11-14-29(20-9-12-25-16-20)23(22)24-26-13-10-21(27-24)19-8-7-17-5-3-4-6-18(17)15-19/h3-8,10,13,15,20,22-23,25H,9,11-12,14,16H2,1-2H3/t20-,22+,23+/m0/s1. The first-order valence-electron chi connectivity index (χ1n) is 10.7. The molecule has 1 aromatic heterocycles. The summed E-state index contributed by atoms with van der Waals surface area (Å²) >= 11 is 0. The lowest BCUT2D eigenvalue weighted by atomic mass is 10.0. The predicted molar refractivity (Wildman–Crippen MR) is 118 cm³/mol. The van der Waals surface area contributed by atoms with Gasteiger partial charge >= 0.3 is 0 Å². The summed E-state index contributed by atoms with van der Waals surface area (Å²) in [7, 11) is 4.36. The number of hydrogen-bond acceptors (Lipinski definition) is 5. The van der Waals surface area contributed by atoms with Crippen molar-refractivity contribution in [1.82, 2.24) is 25.1 Å². The van der Waals surface area contributed by atoms with E-state index in [2.05, 4.69) is 71.7 Å². The molecule has 2 aliphatic heterocycles. The number of likely N-dealkylation sites (N-methyl/N-ethyl adjacent to an activating group) is 1. The maximum atomic E-state index is 5.09. The van der Waals surface area contributed by atoms with Gasteiger partial charge in [0, 0.05) is 36.9 Å². The number of nitrogens with zero attached hydrogens (tertiary/aromatic N) is 4. The molecule has 2 saturated heterocycles. The second-order valence-electron chi connectivity index (χ2n) is 8.51. The second kappa shape index (κ2) is 7.82. The van der Waals surface area contributed by atoms with Crippen LogP contribution in [0.1, 0.15) is 24.7 Å². The Morgan fingerprint density at radius 1 is 1.03 bits per heavy atom. The highest BCUT2D eigenvalue weighted by molar-refractivity contribution is 5.86. The number of aromatic nitrogens is 2. The molecule has 0 bridgehead atoms. The van der Waals surface area contributed by atoms with Crippen molar-refractivity contribution in [3.05, 3.63) is 60.6 Å². The molecular formula is C24H29N5. The number of likely N-dealkylation sites (tertiary alicyclic amines) is 1. The van der Waals surface area contributed by atoms with Gasteiger partial charge in [0.05, 0.1) is 11.7 Å². The van der Waals surface area contributed by atoms with Crippen molar-refractivity contribution in [2.45, 2.75) is 31.0 Å². The van der Waals surface area contributed by atoms with Crippen molar-refractivity contribution >= 4 is 10.8 Å². The van der Waals surface area contributed by atoms with E-state index in [4.69, 9.17) is 9.97 Å². The first-order chi connectivity index (χ1) is 14.2. The smallest absolute Gasteiger partial charge is 0.147 e. The number of rotatable bonds is 4. The molecule has 3 aromatic rings. The molecular weight excluding hydrogens is 358 g/mol. The fraction of sp³-hybridized carbons (Fsp3) is 0.417. The lowest BCUT2D eigenvalue weighted by Crippen LogP contribution is -2.42. The van der Waals surface area contributed by atoms with Gasteiger partial charge in [-0.2, -0.15) is 0 Å². The number of hydrogen-bond donors (Lipinski definition) is 1. The van der Waals surface area contributed by atoms with Crippen LogP contribution in [0.5, 0.6) is 0 Å². The van der Waals surface area contributed by atoms with E-state index in [1.807, 2.05) is 12.3 Å². The minimum absolute atomic E-state index is 0.246. The Morgan fingerprint density at radius 2 is 1.90 bits per heavy atom. The molecule has 29 heavy (non-hydrogen) atoms. The molecule has 2 aromatic carbocycles. The summed E-state index contributed by atoms with van der Waals surface area (Å²) < 4.78 is 0. The van der Waals surface area contributed by atoms with Gasteiger partial charge in [-0.1, -0.05) is 36.4 Å². The molecule has 0 unspecified atom stereocenters. The van der Waals surface area contributed by atoms with Crippen molar-refractivity contribution in [1.29, 1.82) is 0 Å². The van der Waals surface area contributed by atoms with Crippen LogP contribution in [0, 0.1) is 0 Å². The molecule has 3 atom stereocenters. The van der Waals surface area contributed by atoms with Crippen LogP contribution in [0.15, 0.2) is 54.7 Å². The average Bonchev–Trinajstić information content (AvgIpc) is 3.43. The van der Waals surface area contributed by atoms with Gasteiger partial charge in [0.1, 0.15) is 5.82 Å². The summed E-state index contributed by atoms with van der Waals surface area (Å²) in [4.78, 5) is 14.8. The average molecular weight is 388 g/mol. The van der Waals surface area contributed by atoms with E-state index in [1.54, 1.807) is 0 Å². The van der Waals surface area contributed by atoms with Gasteiger partial charge in [-0.15, -0.1) is 0 Å². The van der Waals surface area contributed by atoms with Crippen LogP contribution in [-0.4, -0.2) is 65.6 Å². The van der Waals surface area contributed by atoms with Crippen LogP contribution in [0.2, 0.25) is 0 Å². The molecule has 0 aliphatic carbocycles. The topological polar surface area (TPSA) is 44.3 Å². The molecule has 0 spiro atoms. The Morgan fingerprint density at radius 3 is 2.69 bits per heavy atom. The lowest BCUT2D eigenvalue weighted by Gasteiger charge is -2.33. The molecule has 0 saturated carbocycles. The maximum absolute atomic E-state index is 5.09. The summed E-state index contributed by atoms with van der Waals surface area (Å²) in [6.45, 7) is 3.29. The third-order valence-corrected chi connectivity index (χ3v) is 6.56. The molecule has 2 aliphatic rings. The zero-order chi connectivity index (χ0) is 19.8. The van der Waals surface area contributed by atoms with Crippen LogP contribution in [0.3, 0.4) is 0 Å². The maximum Gasteiger partial charge on any atom is 0.147 e. The molecule has 0 radical (unpaired) electrons. The van der Waals surface area contributed by atoms with Crippen LogP contribution in [0.25, 0.3) is 22.0 Å². The normalized spacial score (nSPS) is 25.3. The third-order valence-electron chi connectivity index (χ3n) is 6.56. The van der Waals surface area contributed by atoms with Gasteiger partial charge in [0.2, 0.25) is 0 Å². The highest BCUT2D eigenvalue weighted by Crippen LogP contribution is 2.36. The fourth-order valence-corrected chi connectivity index (χ4v) is 5.02. The van der Waals surface area contributed by atoms with Crippen LogP contribution in [-0.2, 0) is 0 Å². The summed E-state index contributed by atoms with van der Waals surface area (Å²) in [5, 5.41) is 6.03. The van der Waals surface area contributed by atoms with Gasteiger partial charge in [-0.25, -0.2) is 9.97 Å². The van der Waals surface area contributed by atoms with Crippen LogP contribution >= 0.6 is 0 Å². The Bertz CT molecular complexity index is 995. The predicted octanol–water partition coefficient (Wildman–Crippen LogP) is 3.34. The number of fused-ring (bicyclic) bond motifs is 1. The molecule has 150 valence electrons. The lowest BCUT2D eigenvalue weighted by molar-refractivity contribution is 0.141. The van der Waals surface area contributed by atoms with Gasteiger partial charge in [-0.05, 0) is 56.4 Å². The van der Waals surface area contributed by atoms with Crippen molar-refractivity contribution in [3.63, 3.8) is 0 Å². The Kier molecular flexibility index (Phi) is 5.04. The molecule has 2 fully saturated rings. The van der Waals surface area contributed by atoms with Gasteiger partial charge < -0.3 is 10.2 Å². The van der Waals surface area contributed by atoms with E-state index in [-0.39, 0.29) is 6.04 Å². The summed E-state index contributed by atoms with van der Waals surface area (Å²) in [5.74, 6) is 0.957. The Balaban J connectivity index is 1.52. The fourth-order valence-electron chi connectivity index (χ4n) is 5.02. The van der Waals surface area contributed by atoms with E-state index < -0.39 is 0 Å². The summed E-state index contributed by atoms with van der Waals surface area (Å²) in [6.07, 6.45) is 4.31. The van der Waals surface area contributed by atoms with E-state index in [1.165, 1.54) is 17.2 Å². The minimum atomic E-state index is 0.246. The number of benzene rings is 2. The Labute approximate surface area is 172 Å². The van der Waals surface area contributed by atoms with E-state index in [0.717, 1.165) is 43.1 Å². The SMILES string of the molecule is CN(C)[C@@H]1CCN([C@H]2CCNC2)[C@H]1c1nccc(-c2ccc3ccccc3c2)n1. The van der Waals surface area contributed by atoms with Crippen molar-refractivity contribution < 1.29 is 0 Å². The van der Waals surface area contributed by atoms with Gasteiger partial charge in [-0.3, -0.25) is 4.90 Å². The first kappa shape index (κ1) is 18.7. The molecule has 5 nitrogen and oxygen atoms in total. The molecule has 0 amide bonds. The van der Waals surface area contributed by atoms with Crippen molar-refractivity contribution in [2.24, 2.45) is 0 Å². The minimum Gasteiger partial charge on any atom is -0.315 e. The monoisotopic (exact) mass is 387 g/mol. The van der Waals surface area contributed by atoms with E-state index >= 15 is 0 Å². The highest BCUT2D eigenvalue weighted by atomic mass is 15.3. The third kappa shape index (κ3) is 3.54. The van der Waals surface area contributed by atoms with Gasteiger partial charge in [0.15, 0.2) is 0 Å². The molecule has 5 rings (SSSR count). The van der Waals surface area contributed by atoms with E-state index in [0.29, 0.717) is 12.1 Å². The second-order valence-corrected chi connectivity index (χ2v) is 8.51. The zero-order valence-electron chi connectivity index (χ0n) is 17.3. The van der Waals surface area contributed by atoms with Crippen molar-refractivity contribution in [2.75, 3.05) is 33.7 Å². The molecule has 5 heteroatoms. The molecule has 3 heterocycles. The van der Waals surface area contributed by atoms with E-state index in [9.17, 15) is 0 Å². The van der Waals surface area contributed by atoms with Crippen molar-refractivity contribution in [3.8, 4) is 11.3 Å². The zero-order valence-corrected chi connectivity index (χ0v) is 17.3. The van der Waals surface area contributed by atoms with Gasteiger partial charge in [0.25, 0.3) is 0 Å². The van der Waals surface area contributed by atoms with Crippen LogP contribution in [0.4, 0.5) is 0 Å². The highest BCUT2D eigenvalue weighted by Gasteiger charge is 2.42. The summed E-state index contributed by atoms with van der Waals surface area (Å²) in [6, 6.07) is 18.4. The largest absolute Gasteiger partial charge is 0.315 e. The number of nitrogens with one attached hydrogen (secondary N) is 1. The quantitative estimate of drug-likeness (QED) is 0.744.